The van der Waals surface area contributed by atoms with Crippen LogP contribution in [0.3, 0.4) is 0 Å². The van der Waals surface area contributed by atoms with Gasteiger partial charge in [0.15, 0.2) is 0 Å². The van der Waals surface area contributed by atoms with E-state index < -0.39 is 0 Å². The first-order valence-electron chi connectivity index (χ1n) is 7.17. The lowest BCUT2D eigenvalue weighted by Gasteiger charge is -2.22. The fourth-order valence-electron chi connectivity index (χ4n) is 3.08. The molecule has 1 atom stereocenters. The van der Waals surface area contributed by atoms with Gasteiger partial charge in [-0.15, -0.1) is 0 Å². The van der Waals surface area contributed by atoms with Gasteiger partial charge >= 0.3 is 0 Å². The minimum Gasteiger partial charge on any atom is -0.310 e. The molecule has 1 aromatic rings. The summed E-state index contributed by atoms with van der Waals surface area (Å²) in [7, 11) is 0. The van der Waals surface area contributed by atoms with E-state index in [1.807, 2.05) is 13.8 Å². The van der Waals surface area contributed by atoms with Gasteiger partial charge in [0.1, 0.15) is 5.82 Å². The van der Waals surface area contributed by atoms with Crippen LogP contribution in [0.5, 0.6) is 0 Å². The molecule has 100 valence electrons. The fourth-order valence-corrected chi connectivity index (χ4v) is 3.08. The number of fused-ring (bicyclic) bond motifs is 1. The lowest BCUT2D eigenvalue weighted by Crippen LogP contribution is -2.23. The van der Waals surface area contributed by atoms with Crippen molar-refractivity contribution in [3.63, 3.8) is 0 Å². The maximum absolute atomic E-state index is 14.1. The molecule has 1 aliphatic carbocycles. The summed E-state index contributed by atoms with van der Waals surface area (Å²) in [5, 5.41) is 3.59. The Bertz CT molecular complexity index is 426. The first-order valence-corrected chi connectivity index (χ1v) is 7.17. The van der Waals surface area contributed by atoms with E-state index in [0.717, 1.165) is 36.9 Å². The van der Waals surface area contributed by atoms with Gasteiger partial charge in [-0.05, 0) is 68.3 Å². The molecule has 0 aliphatic heterocycles. The quantitative estimate of drug-likeness (QED) is 0.791. The van der Waals surface area contributed by atoms with Gasteiger partial charge in [-0.3, -0.25) is 0 Å². The van der Waals surface area contributed by atoms with Gasteiger partial charge in [0.05, 0.1) is 0 Å². The van der Waals surface area contributed by atoms with Crippen LogP contribution in [0, 0.1) is 19.7 Å². The van der Waals surface area contributed by atoms with Gasteiger partial charge < -0.3 is 5.32 Å². The fraction of sp³-hybridized carbons (Fsp3) is 0.625. The normalized spacial score (nSPS) is 19.4. The largest absolute Gasteiger partial charge is 0.310 e. The average Bonchev–Trinajstić information content (AvgIpc) is 2.56. The Morgan fingerprint density at radius 1 is 1.33 bits per heavy atom. The minimum atomic E-state index is -0.0149. The Kier molecular flexibility index (Phi) is 4.39. The van der Waals surface area contributed by atoms with E-state index in [1.165, 1.54) is 24.0 Å². The summed E-state index contributed by atoms with van der Waals surface area (Å²) in [5.41, 5.74) is 4.25. The Hall–Kier alpha value is -0.890. The Morgan fingerprint density at radius 2 is 2.11 bits per heavy atom. The Labute approximate surface area is 110 Å². The molecular formula is C16H24FN. The molecule has 0 bridgehead atoms. The van der Waals surface area contributed by atoms with Crippen molar-refractivity contribution >= 4 is 0 Å². The molecule has 0 amide bonds. The van der Waals surface area contributed by atoms with Crippen LogP contribution in [0.4, 0.5) is 4.39 Å². The first-order chi connectivity index (χ1) is 8.65. The van der Waals surface area contributed by atoms with Gasteiger partial charge in [-0.25, -0.2) is 4.39 Å². The summed E-state index contributed by atoms with van der Waals surface area (Å²) in [5.74, 6) is -0.0149. The molecule has 0 aromatic heterocycles. The number of benzene rings is 1. The highest BCUT2D eigenvalue weighted by molar-refractivity contribution is 5.42. The zero-order valence-electron chi connectivity index (χ0n) is 11.8. The summed E-state index contributed by atoms with van der Waals surface area (Å²) < 4.78 is 14.1. The maximum atomic E-state index is 14.1. The van der Waals surface area contributed by atoms with E-state index in [0.29, 0.717) is 6.04 Å². The van der Waals surface area contributed by atoms with E-state index in [9.17, 15) is 4.39 Å². The maximum Gasteiger partial charge on any atom is 0.129 e. The van der Waals surface area contributed by atoms with Crippen molar-refractivity contribution in [2.24, 2.45) is 0 Å². The van der Waals surface area contributed by atoms with E-state index in [1.54, 1.807) is 0 Å². The van der Waals surface area contributed by atoms with Crippen molar-refractivity contribution in [1.29, 1.82) is 0 Å². The molecule has 18 heavy (non-hydrogen) atoms. The van der Waals surface area contributed by atoms with Crippen LogP contribution in [0.25, 0.3) is 0 Å². The third-order valence-electron chi connectivity index (χ3n) is 3.99. The van der Waals surface area contributed by atoms with Crippen LogP contribution in [0.2, 0.25) is 0 Å². The molecular weight excluding hydrogens is 225 g/mol. The highest BCUT2D eigenvalue weighted by Crippen LogP contribution is 2.33. The molecule has 0 heterocycles. The van der Waals surface area contributed by atoms with Crippen LogP contribution < -0.4 is 5.32 Å². The smallest absolute Gasteiger partial charge is 0.129 e. The second-order valence-corrected chi connectivity index (χ2v) is 5.46. The Balaban J connectivity index is 2.42. The molecule has 2 rings (SSSR count). The molecule has 0 radical (unpaired) electrons. The molecule has 1 nitrogen and oxygen atoms in total. The topological polar surface area (TPSA) is 12.0 Å². The van der Waals surface area contributed by atoms with Crippen LogP contribution in [0.1, 0.15) is 60.9 Å². The third-order valence-corrected chi connectivity index (χ3v) is 3.99. The van der Waals surface area contributed by atoms with Crippen LogP contribution >= 0.6 is 0 Å². The van der Waals surface area contributed by atoms with Gasteiger partial charge in [-0.2, -0.15) is 0 Å². The van der Waals surface area contributed by atoms with Crippen LogP contribution in [-0.4, -0.2) is 6.54 Å². The van der Waals surface area contributed by atoms with Gasteiger partial charge in [0.25, 0.3) is 0 Å². The van der Waals surface area contributed by atoms with Crippen molar-refractivity contribution in [2.45, 2.75) is 58.9 Å². The molecule has 2 heteroatoms. The van der Waals surface area contributed by atoms with Gasteiger partial charge in [0.2, 0.25) is 0 Å². The van der Waals surface area contributed by atoms with Crippen molar-refractivity contribution in [2.75, 3.05) is 6.54 Å². The molecule has 1 aromatic carbocycles. The molecule has 0 saturated heterocycles. The molecule has 1 aliphatic rings. The lowest BCUT2D eigenvalue weighted by molar-refractivity contribution is 0.484. The number of hydrogen-bond acceptors (Lipinski definition) is 1. The number of nitrogens with one attached hydrogen (secondary N) is 1. The van der Waals surface area contributed by atoms with Crippen LogP contribution in [0.15, 0.2) is 6.07 Å². The Morgan fingerprint density at radius 3 is 2.83 bits per heavy atom. The standard InChI is InChI=1S/C16H24FN/c1-4-9-18-14-8-6-5-7-13-10-11(2)16(17)12(3)15(13)14/h10,14,18H,4-9H2,1-3H3. The third kappa shape index (κ3) is 2.59. The second kappa shape index (κ2) is 5.83. The summed E-state index contributed by atoms with van der Waals surface area (Å²) in [4.78, 5) is 0. The average molecular weight is 249 g/mol. The highest BCUT2D eigenvalue weighted by atomic mass is 19.1. The molecule has 0 fully saturated rings. The number of hydrogen-bond donors (Lipinski definition) is 1. The summed E-state index contributed by atoms with van der Waals surface area (Å²) in [6.45, 7) is 7.00. The van der Waals surface area contributed by atoms with E-state index >= 15 is 0 Å². The molecule has 0 spiro atoms. The van der Waals surface area contributed by atoms with E-state index in [-0.39, 0.29) is 5.82 Å². The predicted octanol–water partition coefficient (Wildman–Crippen LogP) is 4.21. The monoisotopic (exact) mass is 249 g/mol. The predicted molar refractivity (Wildman–Crippen MR) is 74.5 cm³/mol. The number of rotatable bonds is 3. The van der Waals surface area contributed by atoms with Crippen molar-refractivity contribution in [1.82, 2.24) is 5.32 Å². The molecule has 0 saturated carbocycles. The minimum absolute atomic E-state index is 0.0149. The lowest BCUT2D eigenvalue weighted by atomic mass is 9.91. The van der Waals surface area contributed by atoms with Gasteiger partial charge in [0, 0.05) is 6.04 Å². The summed E-state index contributed by atoms with van der Waals surface area (Å²) in [6, 6.07) is 2.40. The van der Waals surface area contributed by atoms with Crippen LogP contribution in [-0.2, 0) is 6.42 Å². The molecule has 1 unspecified atom stereocenters. The van der Waals surface area contributed by atoms with Gasteiger partial charge in [-0.1, -0.05) is 19.4 Å². The summed E-state index contributed by atoms with van der Waals surface area (Å²) in [6.07, 6.45) is 5.81. The first kappa shape index (κ1) is 13.5. The van der Waals surface area contributed by atoms with Crippen molar-refractivity contribution < 1.29 is 4.39 Å². The second-order valence-electron chi connectivity index (χ2n) is 5.46. The summed E-state index contributed by atoms with van der Waals surface area (Å²) >= 11 is 0. The van der Waals surface area contributed by atoms with Crippen molar-refractivity contribution in [3.8, 4) is 0 Å². The zero-order valence-corrected chi connectivity index (χ0v) is 11.8. The zero-order chi connectivity index (χ0) is 13.1. The van der Waals surface area contributed by atoms with Crippen molar-refractivity contribution in [3.05, 3.63) is 34.1 Å². The number of aryl methyl sites for hydroxylation is 2. The van der Waals surface area contributed by atoms with E-state index in [4.69, 9.17) is 0 Å². The highest BCUT2D eigenvalue weighted by Gasteiger charge is 2.22. The number of halogens is 1. The van der Waals surface area contributed by atoms with E-state index in [2.05, 4.69) is 18.3 Å². The SMILES string of the molecule is CCCNC1CCCCc2cc(C)c(F)c(C)c21. The molecule has 1 N–H and O–H groups in total.